The van der Waals surface area contributed by atoms with Crippen molar-refractivity contribution in [3.63, 3.8) is 0 Å². The van der Waals surface area contributed by atoms with Crippen LogP contribution in [0.5, 0.6) is 5.75 Å². The summed E-state index contributed by atoms with van der Waals surface area (Å²) in [6.07, 6.45) is 2.35. The summed E-state index contributed by atoms with van der Waals surface area (Å²) >= 11 is 0. The van der Waals surface area contributed by atoms with Crippen molar-refractivity contribution in [1.29, 1.82) is 0 Å². The number of aromatic nitrogens is 1. The van der Waals surface area contributed by atoms with E-state index in [0.717, 1.165) is 36.7 Å². The molecule has 106 valence electrons. The molecule has 1 aromatic heterocycles. The minimum atomic E-state index is 0.360. The van der Waals surface area contributed by atoms with Crippen LogP contribution in [0.3, 0.4) is 0 Å². The van der Waals surface area contributed by atoms with Crippen molar-refractivity contribution < 1.29 is 9.26 Å². The molecule has 2 aromatic rings. The Morgan fingerprint density at radius 3 is 2.80 bits per heavy atom. The molecule has 1 aromatic carbocycles. The SMILES string of the molecule is COc1ccc(CN2CCC[C@H]2c2cc(C)no2)cc1. The third-order valence-electron chi connectivity index (χ3n) is 3.88. The van der Waals surface area contributed by atoms with Crippen molar-refractivity contribution in [3.05, 3.63) is 47.3 Å². The van der Waals surface area contributed by atoms with E-state index in [0.29, 0.717) is 6.04 Å². The topological polar surface area (TPSA) is 38.5 Å². The fourth-order valence-corrected chi connectivity index (χ4v) is 2.84. The number of rotatable bonds is 4. The van der Waals surface area contributed by atoms with Gasteiger partial charge in [-0.3, -0.25) is 4.90 Å². The molecule has 0 aliphatic carbocycles. The van der Waals surface area contributed by atoms with Gasteiger partial charge in [-0.1, -0.05) is 17.3 Å². The van der Waals surface area contributed by atoms with Gasteiger partial charge in [-0.15, -0.1) is 0 Å². The summed E-state index contributed by atoms with van der Waals surface area (Å²) in [6, 6.07) is 10.7. The number of nitrogens with zero attached hydrogens (tertiary/aromatic N) is 2. The molecule has 20 heavy (non-hydrogen) atoms. The Morgan fingerprint density at radius 2 is 2.15 bits per heavy atom. The number of ether oxygens (including phenoxy) is 1. The predicted molar refractivity (Wildman–Crippen MR) is 76.6 cm³/mol. The van der Waals surface area contributed by atoms with E-state index in [1.165, 1.54) is 12.0 Å². The molecule has 1 fully saturated rings. The molecular weight excluding hydrogens is 252 g/mol. The van der Waals surface area contributed by atoms with Crippen molar-refractivity contribution in [2.75, 3.05) is 13.7 Å². The average molecular weight is 272 g/mol. The zero-order valence-electron chi connectivity index (χ0n) is 12.0. The van der Waals surface area contributed by atoms with Crippen LogP contribution in [-0.4, -0.2) is 23.7 Å². The van der Waals surface area contributed by atoms with E-state index in [4.69, 9.17) is 9.26 Å². The van der Waals surface area contributed by atoms with E-state index in [-0.39, 0.29) is 0 Å². The fraction of sp³-hybridized carbons (Fsp3) is 0.438. The molecule has 1 saturated heterocycles. The molecule has 4 heteroatoms. The van der Waals surface area contributed by atoms with Gasteiger partial charge < -0.3 is 9.26 Å². The monoisotopic (exact) mass is 272 g/mol. The number of benzene rings is 1. The van der Waals surface area contributed by atoms with Crippen molar-refractivity contribution >= 4 is 0 Å². The second-order valence-corrected chi connectivity index (χ2v) is 5.35. The van der Waals surface area contributed by atoms with E-state index >= 15 is 0 Å². The fourth-order valence-electron chi connectivity index (χ4n) is 2.84. The second-order valence-electron chi connectivity index (χ2n) is 5.35. The zero-order chi connectivity index (χ0) is 13.9. The van der Waals surface area contributed by atoms with Crippen LogP contribution in [0.2, 0.25) is 0 Å². The molecule has 1 atom stereocenters. The zero-order valence-corrected chi connectivity index (χ0v) is 12.0. The summed E-state index contributed by atoms with van der Waals surface area (Å²) in [4.78, 5) is 2.46. The highest BCUT2D eigenvalue weighted by Crippen LogP contribution is 2.33. The highest BCUT2D eigenvalue weighted by molar-refractivity contribution is 5.27. The molecule has 1 aliphatic rings. The first kappa shape index (κ1) is 13.2. The van der Waals surface area contributed by atoms with E-state index in [1.54, 1.807) is 7.11 Å². The summed E-state index contributed by atoms with van der Waals surface area (Å²) in [6.45, 7) is 4.01. The molecule has 0 N–H and O–H groups in total. The highest BCUT2D eigenvalue weighted by Gasteiger charge is 2.28. The van der Waals surface area contributed by atoms with Gasteiger partial charge in [0.1, 0.15) is 5.75 Å². The first-order valence-corrected chi connectivity index (χ1v) is 7.06. The van der Waals surface area contributed by atoms with Gasteiger partial charge in [-0.2, -0.15) is 0 Å². The molecule has 2 heterocycles. The minimum absolute atomic E-state index is 0.360. The van der Waals surface area contributed by atoms with Crippen LogP contribution >= 0.6 is 0 Å². The van der Waals surface area contributed by atoms with Gasteiger partial charge in [0.25, 0.3) is 0 Å². The van der Waals surface area contributed by atoms with Crippen LogP contribution in [0.1, 0.15) is 35.9 Å². The third kappa shape index (κ3) is 2.70. The lowest BCUT2D eigenvalue weighted by Gasteiger charge is -2.22. The molecule has 0 saturated carbocycles. The largest absolute Gasteiger partial charge is 0.497 e. The summed E-state index contributed by atoms with van der Waals surface area (Å²) in [5.41, 5.74) is 2.25. The van der Waals surface area contributed by atoms with Crippen LogP contribution in [0, 0.1) is 6.92 Å². The van der Waals surface area contributed by atoms with Crippen molar-refractivity contribution in [2.24, 2.45) is 0 Å². The molecule has 3 rings (SSSR count). The maximum atomic E-state index is 5.44. The summed E-state index contributed by atoms with van der Waals surface area (Å²) < 4.78 is 10.6. The average Bonchev–Trinajstić information content (AvgIpc) is 3.08. The van der Waals surface area contributed by atoms with Crippen LogP contribution in [0.15, 0.2) is 34.9 Å². The third-order valence-corrected chi connectivity index (χ3v) is 3.88. The van der Waals surface area contributed by atoms with E-state index in [2.05, 4.69) is 28.3 Å². The van der Waals surface area contributed by atoms with Crippen molar-refractivity contribution in [1.82, 2.24) is 10.1 Å². The lowest BCUT2D eigenvalue weighted by molar-refractivity contribution is 0.206. The van der Waals surface area contributed by atoms with Crippen LogP contribution in [0.25, 0.3) is 0 Å². The van der Waals surface area contributed by atoms with Gasteiger partial charge >= 0.3 is 0 Å². The second kappa shape index (κ2) is 5.67. The van der Waals surface area contributed by atoms with Crippen LogP contribution < -0.4 is 4.74 Å². The molecular formula is C16H20N2O2. The standard InChI is InChI=1S/C16H20N2O2/c1-12-10-16(20-17-12)15-4-3-9-18(15)11-13-5-7-14(19-2)8-6-13/h5-8,10,15H,3-4,9,11H2,1-2H3/t15-/m0/s1. The summed E-state index contributed by atoms with van der Waals surface area (Å²) in [5, 5.41) is 4.01. The number of aryl methyl sites for hydroxylation is 1. The Hall–Kier alpha value is -1.81. The normalized spacial score (nSPS) is 19.4. The maximum Gasteiger partial charge on any atom is 0.154 e. The van der Waals surface area contributed by atoms with Crippen molar-refractivity contribution in [2.45, 2.75) is 32.4 Å². The Balaban J connectivity index is 1.72. The minimum Gasteiger partial charge on any atom is -0.497 e. The lowest BCUT2D eigenvalue weighted by Crippen LogP contribution is -2.22. The number of methoxy groups -OCH3 is 1. The number of hydrogen-bond acceptors (Lipinski definition) is 4. The van der Waals surface area contributed by atoms with E-state index < -0.39 is 0 Å². The number of likely N-dealkylation sites (tertiary alicyclic amines) is 1. The summed E-state index contributed by atoms with van der Waals surface area (Å²) in [5.74, 6) is 1.89. The predicted octanol–water partition coefficient (Wildman–Crippen LogP) is 3.33. The highest BCUT2D eigenvalue weighted by atomic mass is 16.5. The first-order chi connectivity index (χ1) is 9.76. The molecule has 0 radical (unpaired) electrons. The van der Waals surface area contributed by atoms with E-state index in [9.17, 15) is 0 Å². The van der Waals surface area contributed by atoms with Gasteiger partial charge in [0.2, 0.25) is 0 Å². The van der Waals surface area contributed by atoms with Gasteiger partial charge in [-0.25, -0.2) is 0 Å². The van der Waals surface area contributed by atoms with Crippen LogP contribution in [-0.2, 0) is 6.54 Å². The maximum absolute atomic E-state index is 5.44. The van der Waals surface area contributed by atoms with Crippen molar-refractivity contribution in [3.8, 4) is 5.75 Å². The Kier molecular flexibility index (Phi) is 3.74. The quantitative estimate of drug-likeness (QED) is 0.855. The number of hydrogen-bond donors (Lipinski definition) is 0. The van der Waals surface area contributed by atoms with Gasteiger partial charge in [0, 0.05) is 12.6 Å². The first-order valence-electron chi connectivity index (χ1n) is 7.06. The Bertz CT molecular complexity index is 562. The van der Waals surface area contributed by atoms with Gasteiger partial charge in [-0.05, 0) is 44.0 Å². The summed E-state index contributed by atoms with van der Waals surface area (Å²) in [7, 11) is 1.69. The lowest BCUT2D eigenvalue weighted by atomic mass is 10.1. The van der Waals surface area contributed by atoms with Crippen LogP contribution in [0.4, 0.5) is 0 Å². The molecule has 1 aliphatic heterocycles. The Labute approximate surface area is 119 Å². The van der Waals surface area contributed by atoms with Gasteiger partial charge in [0.15, 0.2) is 5.76 Å². The smallest absolute Gasteiger partial charge is 0.154 e. The molecule has 4 nitrogen and oxygen atoms in total. The molecule has 0 bridgehead atoms. The molecule has 0 amide bonds. The molecule has 0 spiro atoms. The Morgan fingerprint density at radius 1 is 1.35 bits per heavy atom. The van der Waals surface area contributed by atoms with E-state index in [1.807, 2.05) is 19.1 Å². The molecule has 0 unspecified atom stereocenters. The van der Waals surface area contributed by atoms with Gasteiger partial charge in [0.05, 0.1) is 18.8 Å².